The molecule has 0 aliphatic heterocycles. The van der Waals surface area contributed by atoms with Crippen LogP contribution in [0.4, 0.5) is 5.69 Å². The van der Waals surface area contributed by atoms with Gasteiger partial charge in [-0.1, -0.05) is 13.8 Å². The molecule has 4 rings (SSSR count). The molecule has 4 atom stereocenters. The second kappa shape index (κ2) is 9.96. The SMILES string of the molecule is CC(C)CNCc1cc(N(C)C)c2c(c1O)C(O)=C1C(=O)C3(O)C(O)=C(C(N)=O)C(=O)C(N(C)C)C3CC1C2. The van der Waals surface area contributed by atoms with E-state index < -0.39 is 58.0 Å². The fraction of sp³-hybridized carbons (Fsp3) is 0.536. The number of ketones is 2. The number of hydrogen-bond acceptors (Lipinski definition) is 10. The van der Waals surface area contributed by atoms with Crippen molar-refractivity contribution in [3.8, 4) is 5.75 Å². The molecule has 1 amide bonds. The molecule has 0 heterocycles. The second-order valence-corrected chi connectivity index (χ2v) is 11.6. The summed E-state index contributed by atoms with van der Waals surface area (Å²) in [5.41, 5.74) is 3.75. The van der Waals surface area contributed by atoms with Gasteiger partial charge in [-0.05, 0) is 56.9 Å². The first kappa shape index (κ1) is 28.6. The Hall–Kier alpha value is -3.41. The van der Waals surface area contributed by atoms with Gasteiger partial charge in [-0.2, -0.15) is 0 Å². The van der Waals surface area contributed by atoms with Crippen molar-refractivity contribution in [2.75, 3.05) is 39.6 Å². The first-order chi connectivity index (χ1) is 18.1. The van der Waals surface area contributed by atoms with Crippen molar-refractivity contribution in [3.05, 3.63) is 39.7 Å². The summed E-state index contributed by atoms with van der Waals surface area (Å²) in [5.74, 6) is -6.15. The molecule has 39 heavy (non-hydrogen) atoms. The quantitative estimate of drug-likeness (QED) is 0.270. The molecular formula is C28H38N4O7. The van der Waals surface area contributed by atoms with Crippen molar-refractivity contribution in [2.45, 2.75) is 44.9 Å². The third-order valence-electron chi connectivity index (χ3n) is 8.13. The molecule has 1 fully saturated rings. The summed E-state index contributed by atoms with van der Waals surface area (Å²) in [6.45, 7) is 5.14. The standard InChI is InChI=1S/C28H38N4O7/c1-12(2)10-30-11-14-9-17(31(3)4)15-7-13-8-16-21(32(5)6)24(35)20(27(29)38)26(37)28(16,39)25(36)18(13)23(34)19(15)22(14)33/h9,12-13,16,21,30,33-34,37,39H,7-8,10-11H2,1-6H3,(H2,29,38). The maximum Gasteiger partial charge on any atom is 0.255 e. The molecule has 11 nitrogen and oxygen atoms in total. The second-order valence-electron chi connectivity index (χ2n) is 11.6. The number of Topliss-reactive ketones (excluding diaryl/α,β-unsaturated/α-hetero) is 2. The van der Waals surface area contributed by atoms with Crippen molar-refractivity contribution in [1.82, 2.24) is 10.2 Å². The zero-order valence-corrected chi connectivity index (χ0v) is 23.2. The van der Waals surface area contributed by atoms with Crippen molar-refractivity contribution < 1.29 is 34.8 Å². The first-order valence-corrected chi connectivity index (χ1v) is 13.0. The van der Waals surface area contributed by atoms with E-state index in [0.717, 1.165) is 5.69 Å². The summed E-state index contributed by atoms with van der Waals surface area (Å²) in [4.78, 5) is 42.7. The number of benzene rings is 1. The molecule has 0 saturated heterocycles. The fourth-order valence-electron chi connectivity index (χ4n) is 6.38. The Morgan fingerprint density at radius 1 is 1.18 bits per heavy atom. The third kappa shape index (κ3) is 4.29. The Morgan fingerprint density at radius 3 is 2.36 bits per heavy atom. The van der Waals surface area contributed by atoms with Gasteiger partial charge in [0, 0.05) is 43.4 Å². The summed E-state index contributed by atoms with van der Waals surface area (Å²) in [5, 5.41) is 48.8. The highest BCUT2D eigenvalue weighted by Crippen LogP contribution is 2.54. The van der Waals surface area contributed by atoms with Gasteiger partial charge in [-0.3, -0.25) is 19.3 Å². The Labute approximate surface area is 227 Å². The number of phenols is 1. The number of amides is 1. The summed E-state index contributed by atoms with van der Waals surface area (Å²) in [6, 6.07) is 0.736. The van der Waals surface area contributed by atoms with Gasteiger partial charge in [0.25, 0.3) is 5.91 Å². The number of hydrogen-bond donors (Lipinski definition) is 6. The van der Waals surface area contributed by atoms with Crippen LogP contribution in [0, 0.1) is 17.8 Å². The molecule has 4 unspecified atom stereocenters. The highest BCUT2D eigenvalue weighted by Gasteiger charge is 2.64. The number of nitrogens with one attached hydrogen (secondary N) is 1. The van der Waals surface area contributed by atoms with Gasteiger partial charge in [0.05, 0.1) is 11.6 Å². The Kier molecular flexibility index (Phi) is 7.30. The lowest BCUT2D eigenvalue weighted by molar-refractivity contribution is -0.153. The molecule has 3 aliphatic rings. The number of likely N-dealkylation sites (N-methyl/N-ethyl adjacent to an activating group) is 1. The minimum atomic E-state index is -2.65. The monoisotopic (exact) mass is 542 g/mol. The topological polar surface area (TPSA) is 177 Å². The van der Waals surface area contributed by atoms with Crippen molar-refractivity contribution in [1.29, 1.82) is 0 Å². The fourth-order valence-corrected chi connectivity index (χ4v) is 6.38. The molecule has 7 N–H and O–H groups in total. The molecule has 1 aromatic carbocycles. The molecule has 0 bridgehead atoms. The van der Waals surface area contributed by atoms with Gasteiger partial charge in [-0.15, -0.1) is 0 Å². The Morgan fingerprint density at radius 2 is 1.82 bits per heavy atom. The number of primary amides is 1. The van der Waals surface area contributed by atoms with Crippen molar-refractivity contribution in [3.63, 3.8) is 0 Å². The summed E-state index contributed by atoms with van der Waals surface area (Å²) < 4.78 is 0. The van der Waals surface area contributed by atoms with Crippen LogP contribution in [0.3, 0.4) is 0 Å². The smallest absolute Gasteiger partial charge is 0.255 e. The number of nitrogens with zero attached hydrogens (tertiary/aromatic N) is 2. The number of aliphatic hydroxyl groups excluding tert-OH is 2. The van der Waals surface area contributed by atoms with Crippen molar-refractivity contribution >= 4 is 28.9 Å². The average molecular weight is 543 g/mol. The van der Waals surface area contributed by atoms with E-state index in [4.69, 9.17) is 5.73 Å². The molecule has 0 aromatic heterocycles. The number of fused-ring (bicyclic) bond motifs is 3. The molecule has 1 saturated carbocycles. The van der Waals surface area contributed by atoms with E-state index in [0.29, 0.717) is 30.1 Å². The maximum atomic E-state index is 14.0. The normalized spacial score (nSPS) is 26.6. The van der Waals surface area contributed by atoms with Gasteiger partial charge in [0.1, 0.15) is 22.8 Å². The van der Waals surface area contributed by atoms with Gasteiger partial charge < -0.3 is 36.4 Å². The minimum Gasteiger partial charge on any atom is -0.508 e. The molecule has 0 radical (unpaired) electrons. The lowest BCUT2D eigenvalue weighted by atomic mass is 9.57. The van der Waals surface area contributed by atoms with Crippen LogP contribution >= 0.6 is 0 Å². The zero-order chi connectivity index (χ0) is 29.1. The molecule has 11 heteroatoms. The number of nitrogens with two attached hydrogens (primary N) is 1. The largest absolute Gasteiger partial charge is 0.508 e. The average Bonchev–Trinajstić information content (AvgIpc) is 2.81. The molecule has 212 valence electrons. The zero-order valence-electron chi connectivity index (χ0n) is 23.2. The number of rotatable bonds is 7. The number of carbonyl (C=O) groups is 3. The van der Waals surface area contributed by atoms with E-state index in [1.807, 2.05) is 25.1 Å². The molecule has 0 spiro atoms. The van der Waals surface area contributed by atoms with Gasteiger partial charge in [-0.25, -0.2) is 0 Å². The van der Waals surface area contributed by atoms with Crippen LogP contribution < -0.4 is 16.0 Å². The van der Waals surface area contributed by atoms with Gasteiger partial charge >= 0.3 is 0 Å². The van der Waals surface area contributed by atoms with E-state index in [9.17, 15) is 34.8 Å². The number of aromatic hydroxyl groups is 1. The van der Waals surface area contributed by atoms with E-state index >= 15 is 0 Å². The number of phenolic OH excluding ortho intramolecular Hbond substituents is 1. The third-order valence-corrected chi connectivity index (χ3v) is 8.13. The summed E-state index contributed by atoms with van der Waals surface area (Å²) in [6.07, 6.45) is 0.298. The Bertz CT molecular complexity index is 1310. The highest BCUT2D eigenvalue weighted by atomic mass is 16.3. The van der Waals surface area contributed by atoms with Gasteiger partial charge in [0.15, 0.2) is 11.4 Å². The Balaban J connectivity index is 1.93. The van der Waals surface area contributed by atoms with Crippen LogP contribution in [-0.2, 0) is 27.3 Å². The molecular weight excluding hydrogens is 504 g/mol. The van der Waals surface area contributed by atoms with E-state index in [1.54, 1.807) is 14.1 Å². The van der Waals surface area contributed by atoms with E-state index in [-0.39, 0.29) is 29.7 Å². The lowest BCUT2D eigenvalue weighted by Gasteiger charge is -2.50. The van der Waals surface area contributed by atoms with Crippen LogP contribution in [0.5, 0.6) is 5.75 Å². The molecule has 1 aromatic rings. The first-order valence-electron chi connectivity index (χ1n) is 13.0. The predicted octanol–water partition coefficient (Wildman–Crippen LogP) is 0.776. The van der Waals surface area contributed by atoms with Crippen LogP contribution in [0.1, 0.15) is 37.0 Å². The minimum absolute atomic E-state index is 0.0527. The van der Waals surface area contributed by atoms with Crippen LogP contribution in [0.25, 0.3) is 5.76 Å². The highest BCUT2D eigenvalue weighted by molar-refractivity contribution is 6.24. The number of anilines is 1. The lowest BCUT2D eigenvalue weighted by Crippen LogP contribution is -2.65. The van der Waals surface area contributed by atoms with Gasteiger partial charge in [0.2, 0.25) is 5.78 Å². The van der Waals surface area contributed by atoms with Crippen LogP contribution in [0.15, 0.2) is 23.0 Å². The van der Waals surface area contributed by atoms with E-state index in [1.165, 1.54) is 4.90 Å². The maximum absolute atomic E-state index is 14.0. The number of aliphatic hydroxyl groups is 3. The van der Waals surface area contributed by atoms with Crippen LogP contribution in [-0.4, -0.2) is 89.2 Å². The predicted molar refractivity (Wildman–Crippen MR) is 145 cm³/mol. The van der Waals surface area contributed by atoms with Crippen molar-refractivity contribution in [2.24, 2.45) is 23.5 Å². The van der Waals surface area contributed by atoms with E-state index in [2.05, 4.69) is 19.2 Å². The van der Waals surface area contributed by atoms with Crippen LogP contribution in [0.2, 0.25) is 0 Å². The summed E-state index contributed by atoms with van der Waals surface area (Å²) >= 11 is 0. The number of carbonyl (C=O) groups excluding carboxylic acids is 3. The summed E-state index contributed by atoms with van der Waals surface area (Å²) in [7, 11) is 6.83. The molecule has 3 aliphatic carbocycles.